The second kappa shape index (κ2) is 8.59. The van der Waals surface area contributed by atoms with Gasteiger partial charge < -0.3 is 4.90 Å². The molecule has 0 fully saturated rings. The van der Waals surface area contributed by atoms with E-state index in [2.05, 4.69) is 41.4 Å². The Morgan fingerprint density at radius 1 is 1.40 bits per heavy atom. The third-order valence-electron chi connectivity index (χ3n) is 4.96. The van der Waals surface area contributed by atoms with Crippen molar-refractivity contribution in [2.24, 2.45) is 4.99 Å². The minimum absolute atomic E-state index is 0.220. The first kappa shape index (κ1) is 21.4. The highest BCUT2D eigenvalue weighted by atomic mass is 35.5. The normalized spacial score (nSPS) is 16.9. The first-order valence-electron chi connectivity index (χ1n) is 9.17. The van der Waals surface area contributed by atoms with E-state index in [0.29, 0.717) is 34.8 Å². The molecule has 2 aromatic rings. The predicted octanol–water partition coefficient (Wildman–Crippen LogP) is 4.72. The molecule has 3 heterocycles. The number of carbonyl (C=O) groups excluding carboxylic acids is 1. The summed E-state index contributed by atoms with van der Waals surface area (Å²) in [5, 5.41) is 4.73. The molecule has 0 aliphatic carbocycles. The number of allylic oxidation sites excluding steroid dienone is 2. The molecule has 8 heteroatoms. The van der Waals surface area contributed by atoms with Gasteiger partial charge in [0.05, 0.1) is 17.3 Å². The molecular weight excluding hydrogens is 405 g/mol. The minimum atomic E-state index is -0.807. The summed E-state index contributed by atoms with van der Waals surface area (Å²) in [4.78, 5) is 22.6. The number of amides is 1. The van der Waals surface area contributed by atoms with Gasteiger partial charge in [-0.2, -0.15) is 9.49 Å². The molecule has 30 heavy (non-hydrogen) atoms. The van der Waals surface area contributed by atoms with Crippen molar-refractivity contribution in [3.05, 3.63) is 89.8 Å². The van der Waals surface area contributed by atoms with Crippen molar-refractivity contribution in [2.75, 3.05) is 6.54 Å². The SMILES string of the molecule is C=CC1=C(C(=C)C(=C)/C=N\C(=C)F)CCN(C(=O)c2cc3ncc(Cl)cn3n2)C1C. The summed E-state index contributed by atoms with van der Waals surface area (Å²) in [6, 6.07) is 1.36. The maximum Gasteiger partial charge on any atom is 0.274 e. The van der Waals surface area contributed by atoms with Gasteiger partial charge in [0.25, 0.3) is 5.91 Å². The molecule has 0 bridgehead atoms. The van der Waals surface area contributed by atoms with Crippen LogP contribution in [-0.2, 0) is 0 Å². The maximum atomic E-state index is 13.1. The van der Waals surface area contributed by atoms with Crippen LogP contribution in [0.3, 0.4) is 0 Å². The van der Waals surface area contributed by atoms with Crippen molar-refractivity contribution >= 4 is 29.4 Å². The first-order valence-corrected chi connectivity index (χ1v) is 9.55. The molecule has 0 radical (unpaired) electrons. The van der Waals surface area contributed by atoms with Crippen LogP contribution in [0.15, 0.2) is 84.1 Å². The molecule has 0 saturated heterocycles. The largest absolute Gasteiger partial charge is 0.330 e. The number of fused-ring (bicyclic) bond motifs is 1. The van der Waals surface area contributed by atoms with E-state index >= 15 is 0 Å². The molecule has 1 aliphatic rings. The molecule has 1 atom stereocenters. The van der Waals surface area contributed by atoms with Gasteiger partial charge in [-0.1, -0.05) is 37.4 Å². The fourth-order valence-electron chi connectivity index (χ4n) is 3.41. The zero-order valence-electron chi connectivity index (χ0n) is 16.6. The average Bonchev–Trinajstić information content (AvgIpc) is 3.13. The van der Waals surface area contributed by atoms with Gasteiger partial charge in [0.2, 0.25) is 5.95 Å². The van der Waals surface area contributed by atoms with Crippen LogP contribution in [0.5, 0.6) is 0 Å². The highest BCUT2D eigenvalue weighted by molar-refractivity contribution is 6.30. The van der Waals surface area contributed by atoms with Crippen LogP contribution >= 0.6 is 11.6 Å². The van der Waals surface area contributed by atoms with Crippen LogP contribution in [0.1, 0.15) is 23.8 Å². The van der Waals surface area contributed by atoms with Crippen molar-refractivity contribution in [1.29, 1.82) is 0 Å². The van der Waals surface area contributed by atoms with Crippen LogP contribution in [0.2, 0.25) is 5.02 Å². The summed E-state index contributed by atoms with van der Waals surface area (Å²) in [6.07, 6.45) is 6.62. The van der Waals surface area contributed by atoms with Gasteiger partial charge in [-0.3, -0.25) is 4.79 Å². The fraction of sp³-hybridized carbons (Fsp3) is 0.182. The maximum absolute atomic E-state index is 13.1. The van der Waals surface area contributed by atoms with Crippen LogP contribution in [0.25, 0.3) is 5.65 Å². The van der Waals surface area contributed by atoms with E-state index in [0.717, 1.165) is 11.1 Å². The van der Waals surface area contributed by atoms with E-state index in [1.807, 2.05) is 6.92 Å². The molecule has 6 nitrogen and oxygen atoms in total. The minimum Gasteiger partial charge on any atom is -0.330 e. The lowest BCUT2D eigenvalue weighted by Crippen LogP contribution is -2.43. The highest BCUT2D eigenvalue weighted by Gasteiger charge is 2.31. The number of rotatable bonds is 6. The number of aromatic nitrogens is 3. The molecule has 1 aliphatic heterocycles. The lowest BCUT2D eigenvalue weighted by atomic mass is 9.86. The van der Waals surface area contributed by atoms with Crippen molar-refractivity contribution in [2.45, 2.75) is 19.4 Å². The number of nitrogens with zero attached hydrogens (tertiary/aromatic N) is 5. The third-order valence-corrected chi connectivity index (χ3v) is 5.16. The molecule has 0 aromatic carbocycles. The van der Waals surface area contributed by atoms with Crippen LogP contribution < -0.4 is 0 Å². The Bertz CT molecular complexity index is 1140. The van der Waals surface area contributed by atoms with Gasteiger partial charge in [-0.05, 0) is 42.2 Å². The number of halogens is 2. The topological polar surface area (TPSA) is 62.9 Å². The first-order chi connectivity index (χ1) is 14.2. The van der Waals surface area contributed by atoms with Crippen molar-refractivity contribution in [3.8, 4) is 0 Å². The molecule has 2 aromatic heterocycles. The van der Waals surface area contributed by atoms with E-state index in [9.17, 15) is 9.18 Å². The fourth-order valence-corrected chi connectivity index (χ4v) is 3.55. The van der Waals surface area contributed by atoms with E-state index in [-0.39, 0.29) is 17.6 Å². The van der Waals surface area contributed by atoms with Gasteiger partial charge in [0.15, 0.2) is 11.3 Å². The Morgan fingerprint density at radius 3 is 2.80 bits per heavy atom. The number of aliphatic imine (C=N–C) groups is 1. The molecular formula is C22H21ClFN5O. The van der Waals surface area contributed by atoms with Gasteiger partial charge in [-0.25, -0.2) is 14.5 Å². The quantitative estimate of drug-likeness (QED) is 0.382. The summed E-state index contributed by atoms with van der Waals surface area (Å²) in [5.74, 6) is -1.03. The zero-order valence-corrected chi connectivity index (χ0v) is 17.4. The molecule has 0 saturated carbocycles. The van der Waals surface area contributed by atoms with Crippen molar-refractivity contribution in [1.82, 2.24) is 19.5 Å². The summed E-state index contributed by atoms with van der Waals surface area (Å²) in [6.45, 7) is 17.3. The third kappa shape index (κ3) is 4.16. The molecule has 1 amide bonds. The van der Waals surface area contributed by atoms with Gasteiger partial charge in [0, 0.05) is 25.0 Å². The number of hydrogen-bond acceptors (Lipinski definition) is 4. The van der Waals surface area contributed by atoms with E-state index in [1.54, 1.807) is 23.2 Å². The van der Waals surface area contributed by atoms with E-state index < -0.39 is 5.95 Å². The Hall–Kier alpha value is -3.32. The Kier molecular flexibility index (Phi) is 6.12. The standard InChI is InChI=1S/C22H21ClFN5O/c1-6-18-15(4)28(8-7-19(18)14(3)13(2)10-25-16(5)24)22(30)20-9-21-26-11-17(23)12-29(21)27-20/h6,9-12,15H,1-3,5,7-8H2,4H3/b25-10-. The van der Waals surface area contributed by atoms with E-state index in [4.69, 9.17) is 11.6 Å². The summed E-state index contributed by atoms with van der Waals surface area (Å²) in [5.41, 5.74) is 3.66. The monoisotopic (exact) mass is 425 g/mol. The van der Waals surface area contributed by atoms with Gasteiger partial charge >= 0.3 is 0 Å². The second-order valence-electron chi connectivity index (χ2n) is 6.81. The zero-order chi connectivity index (χ0) is 22.0. The molecule has 0 N–H and O–H groups in total. The Morgan fingerprint density at radius 2 is 2.13 bits per heavy atom. The summed E-state index contributed by atoms with van der Waals surface area (Å²) in [7, 11) is 0. The Labute approximate surface area is 179 Å². The lowest BCUT2D eigenvalue weighted by molar-refractivity contribution is 0.0703. The van der Waals surface area contributed by atoms with Gasteiger partial charge in [0.1, 0.15) is 0 Å². The van der Waals surface area contributed by atoms with Crippen LogP contribution in [0.4, 0.5) is 4.39 Å². The predicted molar refractivity (Wildman–Crippen MR) is 117 cm³/mol. The average molecular weight is 426 g/mol. The van der Waals surface area contributed by atoms with Crippen molar-refractivity contribution in [3.63, 3.8) is 0 Å². The van der Waals surface area contributed by atoms with Crippen molar-refractivity contribution < 1.29 is 9.18 Å². The number of carbonyl (C=O) groups is 1. The smallest absolute Gasteiger partial charge is 0.274 e. The highest BCUT2D eigenvalue weighted by Crippen LogP contribution is 2.32. The van der Waals surface area contributed by atoms with Crippen LogP contribution in [0, 0.1) is 0 Å². The molecule has 0 spiro atoms. The molecule has 1 unspecified atom stereocenters. The molecule has 3 rings (SSSR count). The molecule has 154 valence electrons. The summed E-state index contributed by atoms with van der Waals surface area (Å²) < 4.78 is 14.3. The number of hydrogen-bond donors (Lipinski definition) is 0. The lowest BCUT2D eigenvalue weighted by Gasteiger charge is -2.36. The van der Waals surface area contributed by atoms with Crippen LogP contribution in [-0.4, -0.2) is 44.2 Å². The summed E-state index contributed by atoms with van der Waals surface area (Å²) >= 11 is 5.94. The second-order valence-corrected chi connectivity index (χ2v) is 7.24. The Balaban J connectivity index is 1.88. The van der Waals surface area contributed by atoms with E-state index in [1.165, 1.54) is 16.9 Å². The van der Waals surface area contributed by atoms with Gasteiger partial charge in [-0.15, -0.1) is 0 Å².